The molecule has 0 aromatic rings. The van der Waals surface area contributed by atoms with Crippen molar-refractivity contribution in [3.8, 4) is 0 Å². The molecule has 0 aliphatic carbocycles. The summed E-state index contributed by atoms with van der Waals surface area (Å²) in [5.41, 5.74) is 5.87. The van der Waals surface area contributed by atoms with Crippen LogP contribution in [0.3, 0.4) is 0 Å². The summed E-state index contributed by atoms with van der Waals surface area (Å²) in [7, 11) is 0. The molecule has 1 fully saturated rings. The van der Waals surface area contributed by atoms with Gasteiger partial charge < -0.3 is 10.8 Å². The Balaban J connectivity index is 2.57. The molecule has 1 heterocycles. The lowest BCUT2D eigenvalue weighted by Crippen LogP contribution is -2.40. The maximum Gasteiger partial charge on any atom is 0.320 e. The Bertz CT molecular complexity index is 198. The standard InChI is InChI=1S/C10H20N2O2/c1-3-4-9(10(13)14)12-5-7(2)8(11)6-12/h7-9H,3-6,11H2,1-2H3,(H,13,14). The third-order valence-electron chi connectivity index (χ3n) is 2.99. The average Bonchev–Trinajstić information content (AvgIpc) is 2.42. The van der Waals surface area contributed by atoms with Gasteiger partial charge in [0.15, 0.2) is 0 Å². The van der Waals surface area contributed by atoms with Gasteiger partial charge in [-0.05, 0) is 12.3 Å². The van der Waals surface area contributed by atoms with Crippen molar-refractivity contribution in [2.24, 2.45) is 11.7 Å². The van der Waals surface area contributed by atoms with E-state index in [1.165, 1.54) is 0 Å². The number of nitrogens with zero attached hydrogens (tertiary/aromatic N) is 1. The fourth-order valence-corrected chi connectivity index (χ4v) is 2.02. The van der Waals surface area contributed by atoms with E-state index in [-0.39, 0.29) is 12.1 Å². The fourth-order valence-electron chi connectivity index (χ4n) is 2.02. The van der Waals surface area contributed by atoms with Crippen molar-refractivity contribution in [1.29, 1.82) is 0 Å². The van der Waals surface area contributed by atoms with Gasteiger partial charge in [-0.3, -0.25) is 9.69 Å². The normalized spacial score (nSPS) is 30.5. The molecule has 0 bridgehead atoms. The zero-order valence-corrected chi connectivity index (χ0v) is 8.94. The Kier molecular flexibility index (Phi) is 3.89. The van der Waals surface area contributed by atoms with Crippen LogP contribution in [0.15, 0.2) is 0 Å². The maximum absolute atomic E-state index is 11.0. The van der Waals surface area contributed by atoms with Crippen LogP contribution in [0.25, 0.3) is 0 Å². The Morgan fingerprint density at radius 1 is 1.64 bits per heavy atom. The highest BCUT2D eigenvalue weighted by molar-refractivity contribution is 5.73. The number of hydrogen-bond acceptors (Lipinski definition) is 3. The van der Waals surface area contributed by atoms with E-state index in [2.05, 4.69) is 6.92 Å². The minimum Gasteiger partial charge on any atom is -0.480 e. The van der Waals surface area contributed by atoms with Crippen LogP contribution in [0.4, 0.5) is 0 Å². The molecule has 0 radical (unpaired) electrons. The van der Waals surface area contributed by atoms with E-state index in [4.69, 9.17) is 10.8 Å². The number of hydrogen-bond donors (Lipinski definition) is 2. The molecule has 4 heteroatoms. The van der Waals surface area contributed by atoms with Crippen LogP contribution < -0.4 is 5.73 Å². The number of carbonyl (C=O) groups is 1. The number of nitrogens with two attached hydrogens (primary N) is 1. The minimum atomic E-state index is -0.715. The Labute approximate surface area is 85.1 Å². The summed E-state index contributed by atoms with van der Waals surface area (Å²) < 4.78 is 0. The second kappa shape index (κ2) is 4.75. The molecule has 3 N–H and O–H groups in total. The summed E-state index contributed by atoms with van der Waals surface area (Å²) in [4.78, 5) is 13.0. The van der Waals surface area contributed by atoms with Gasteiger partial charge in [0.1, 0.15) is 6.04 Å². The van der Waals surface area contributed by atoms with Crippen molar-refractivity contribution in [1.82, 2.24) is 4.90 Å². The summed E-state index contributed by atoms with van der Waals surface area (Å²) in [5, 5.41) is 9.05. The summed E-state index contributed by atoms with van der Waals surface area (Å²) in [6.07, 6.45) is 1.62. The number of rotatable bonds is 4. The molecular formula is C10H20N2O2. The van der Waals surface area contributed by atoms with Gasteiger partial charge in [0.25, 0.3) is 0 Å². The molecule has 0 spiro atoms. The molecule has 82 valence electrons. The highest BCUT2D eigenvalue weighted by Gasteiger charge is 2.34. The third kappa shape index (κ3) is 2.45. The lowest BCUT2D eigenvalue weighted by Gasteiger charge is -2.23. The van der Waals surface area contributed by atoms with E-state index >= 15 is 0 Å². The van der Waals surface area contributed by atoms with Gasteiger partial charge in [0.05, 0.1) is 0 Å². The van der Waals surface area contributed by atoms with Crippen LogP contribution in [0.2, 0.25) is 0 Å². The summed E-state index contributed by atoms with van der Waals surface area (Å²) in [6.45, 7) is 5.63. The van der Waals surface area contributed by atoms with Gasteiger partial charge >= 0.3 is 5.97 Å². The molecule has 0 aromatic heterocycles. The zero-order chi connectivity index (χ0) is 10.7. The highest BCUT2D eigenvalue weighted by Crippen LogP contribution is 2.19. The van der Waals surface area contributed by atoms with Crippen LogP contribution in [-0.4, -0.2) is 41.1 Å². The molecule has 1 saturated heterocycles. The van der Waals surface area contributed by atoms with Crippen LogP contribution in [0.5, 0.6) is 0 Å². The molecule has 3 unspecified atom stereocenters. The number of carboxylic acid groups (broad SMARTS) is 1. The monoisotopic (exact) mass is 200 g/mol. The zero-order valence-electron chi connectivity index (χ0n) is 8.94. The molecule has 3 atom stereocenters. The molecule has 14 heavy (non-hydrogen) atoms. The second-order valence-corrected chi connectivity index (χ2v) is 4.24. The van der Waals surface area contributed by atoms with Gasteiger partial charge in [0.2, 0.25) is 0 Å². The SMILES string of the molecule is CCCC(C(=O)O)N1CC(C)C(N)C1. The van der Waals surface area contributed by atoms with Gasteiger partial charge in [-0.15, -0.1) is 0 Å². The van der Waals surface area contributed by atoms with Crippen LogP contribution in [-0.2, 0) is 4.79 Å². The molecule has 1 aliphatic heterocycles. The lowest BCUT2D eigenvalue weighted by molar-refractivity contribution is -0.143. The van der Waals surface area contributed by atoms with Crippen molar-refractivity contribution in [3.63, 3.8) is 0 Å². The average molecular weight is 200 g/mol. The minimum absolute atomic E-state index is 0.133. The molecule has 4 nitrogen and oxygen atoms in total. The van der Waals surface area contributed by atoms with E-state index in [1.54, 1.807) is 0 Å². The summed E-state index contributed by atoms with van der Waals surface area (Å²) in [6, 6.07) is -0.204. The van der Waals surface area contributed by atoms with Crippen molar-refractivity contribution >= 4 is 5.97 Å². The fraction of sp³-hybridized carbons (Fsp3) is 0.900. The van der Waals surface area contributed by atoms with E-state index in [1.807, 2.05) is 11.8 Å². The predicted octanol–water partition coefficient (Wildman–Crippen LogP) is 0.519. The topological polar surface area (TPSA) is 66.6 Å². The van der Waals surface area contributed by atoms with Crippen LogP contribution in [0, 0.1) is 5.92 Å². The van der Waals surface area contributed by atoms with Crippen molar-refractivity contribution in [2.75, 3.05) is 13.1 Å². The number of likely N-dealkylation sites (tertiary alicyclic amines) is 1. The molecule has 0 aromatic carbocycles. The van der Waals surface area contributed by atoms with E-state index in [0.29, 0.717) is 5.92 Å². The molecular weight excluding hydrogens is 180 g/mol. The Hall–Kier alpha value is -0.610. The highest BCUT2D eigenvalue weighted by atomic mass is 16.4. The van der Waals surface area contributed by atoms with Gasteiger partial charge in [0, 0.05) is 19.1 Å². The predicted molar refractivity (Wildman–Crippen MR) is 55.0 cm³/mol. The van der Waals surface area contributed by atoms with Gasteiger partial charge in [-0.2, -0.15) is 0 Å². The quantitative estimate of drug-likeness (QED) is 0.694. The molecule has 0 amide bonds. The lowest BCUT2D eigenvalue weighted by atomic mass is 10.1. The number of carboxylic acids is 1. The molecule has 1 rings (SSSR count). The summed E-state index contributed by atoms with van der Waals surface area (Å²) in [5.74, 6) is -0.304. The van der Waals surface area contributed by atoms with Gasteiger partial charge in [-0.1, -0.05) is 20.3 Å². The van der Waals surface area contributed by atoms with Crippen molar-refractivity contribution in [3.05, 3.63) is 0 Å². The smallest absolute Gasteiger partial charge is 0.320 e. The molecule has 0 saturated carbocycles. The first-order chi connectivity index (χ1) is 6.56. The van der Waals surface area contributed by atoms with Gasteiger partial charge in [-0.25, -0.2) is 0 Å². The summed E-state index contributed by atoms with van der Waals surface area (Å²) >= 11 is 0. The van der Waals surface area contributed by atoms with E-state index < -0.39 is 5.97 Å². The van der Waals surface area contributed by atoms with Crippen LogP contribution >= 0.6 is 0 Å². The first-order valence-corrected chi connectivity index (χ1v) is 5.28. The van der Waals surface area contributed by atoms with Crippen LogP contribution in [0.1, 0.15) is 26.7 Å². The van der Waals surface area contributed by atoms with E-state index in [0.717, 1.165) is 25.9 Å². The van der Waals surface area contributed by atoms with Crippen molar-refractivity contribution < 1.29 is 9.90 Å². The Morgan fingerprint density at radius 3 is 2.64 bits per heavy atom. The third-order valence-corrected chi connectivity index (χ3v) is 2.99. The largest absolute Gasteiger partial charge is 0.480 e. The first kappa shape index (κ1) is 11.5. The van der Waals surface area contributed by atoms with E-state index in [9.17, 15) is 4.79 Å². The Morgan fingerprint density at radius 2 is 2.29 bits per heavy atom. The molecule has 1 aliphatic rings. The number of aliphatic carboxylic acids is 1. The van der Waals surface area contributed by atoms with Crippen molar-refractivity contribution in [2.45, 2.75) is 38.8 Å². The first-order valence-electron chi connectivity index (χ1n) is 5.28. The second-order valence-electron chi connectivity index (χ2n) is 4.24. The maximum atomic E-state index is 11.0.